The maximum atomic E-state index is 12.6. The Kier molecular flexibility index (Phi) is 3.63. The molecule has 1 aromatic rings. The monoisotopic (exact) mass is 346 g/mol. The van der Waals surface area contributed by atoms with Crippen molar-refractivity contribution in [3.8, 4) is 0 Å². The average molecular weight is 346 g/mol. The van der Waals surface area contributed by atoms with E-state index in [1.807, 2.05) is 20.8 Å². The van der Waals surface area contributed by atoms with E-state index >= 15 is 0 Å². The molecule has 2 saturated carbocycles. The first-order chi connectivity index (χ1) is 11.6. The maximum Gasteiger partial charge on any atom is 0.301 e. The number of hydrogen-bond acceptors (Lipinski definition) is 7. The smallest absolute Gasteiger partial charge is 0.292 e. The number of nitro benzene ring substituents is 2. The molecule has 1 aromatic carbocycles. The van der Waals surface area contributed by atoms with Crippen molar-refractivity contribution in [3.63, 3.8) is 0 Å². The molecule has 0 spiro atoms. The Morgan fingerprint density at radius 2 is 1.88 bits per heavy atom. The lowest BCUT2D eigenvalue weighted by molar-refractivity contribution is -0.393. The van der Waals surface area contributed by atoms with E-state index in [0.29, 0.717) is 5.71 Å². The van der Waals surface area contributed by atoms with Crippen LogP contribution in [0.15, 0.2) is 23.3 Å². The van der Waals surface area contributed by atoms with Crippen LogP contribution in [0.1, 0.15) is 33.6 Å². The molecule has 3 rings (SSSR count). The standard InChI is InChI=1S/C16H18N4O5/c1-15(2)10-6-7-16(15,3)14(13(10)21)18-17-11-5-4-9(19(22)23)8-12(11)20(24)25/h4-5,8,10,17H,6-7H2,1-3H3/b18-14-/t10-,16+/m0/s1. The topological polar surface area (TPSA) is 128 Å². The fraction of sp³-hybridized carbons (Fsp3) is 0.500. The number of fused-ring (bicyclic) bond motifs is 2. The number of hydrogen-bond donors (Lipinski definition) is 1. The van der Waals surface area contributed by atoms with Gasteiger partial charge in [-0.3, -0.25) is 30.4 Å². The minimum Gasteiger partial charge on any atom is -0.292 e. The lowest BCUT2D eigenvalue weighted by Gasteiger charge is -2.33. The predicted molar refractivity (Wildman–Crippen MR) is 90.4 cm³/mol. The molecule has 0 radical (unpaired) electrons. The Morgan fingerprint density at radius 1 is 1.20 bits per heavy atom. The molecule has 0 aliphatic heterocycles. The zero-order valence-corrected chi connectivity index (χ0v) is 14.1. The van der Waals surface area contributed by atoms with Gasteiger partial charge in [-0.2, -0.15) is 5.10 Å². The van der Waals surface area contributed by atoms with Crippen molar-refractivity contribution in [1.29, 1.82) is 0 Å². The van der Waals surface area contributed by atoms with Crippen LogP contribution in [-0.2, 0) is 4.79 Å². The first kappa shape index (κ1) is 17.0. The molecule has 0 unspecified atom stereocenters. The average Bonchev–Trinajstić information content (AvgIpc) is 2.84. The van der Waals surface area contributed by atoms with Gasteiger partial charge in [0.25, 0.3) is 5.69 Å². The van der Waals surface area contributed by atoms with E-state index in [0.717, 1.165) is 25.0 Å². The Labute approximate surface area is 143 Å². The van der Waals surface area contributed by atoms with Gasteiger partial charge in [-0.05, 0) is 24.3 Å². The zero-order chi connectivity index (χ0) is 18.6. The number of carbonyl (C=O) groups is 1. The maximum absolute atomic E-state index is 12.6. The highest BCUT2D eigenvalue weighted by Gasteiger charge is 2.65. The largest absolute Gasteiger partial charge is 0.301 e. The zero-order valence-electron chi connectivity index (χ0n) is 14.1. The number of nitro groups is 2. The number of non-ortho nitro benzene ring substituents is 1. The van der Waals surface area contributed by atoms with Gasteiger partial charge in [0.05, 0.1) is 15.9 Å². The van der Waals surface area contributed by atoms with Crippen molar-refractivity contribution in [1.82, 2.24) is 0 Å². The fourth-order valence-corrected chi connectivity index (χ4v) is 3.99. The Bertz CT molecular complexity index is 832. The molecule has 2 fully saturated rings. The molecular formula is C16H18N4O5. The van der Waals surface area contributed by atoms with Gasteiger partial charge in [0.15, 0.2) is 5.78 Å². The van der Waals surface area contributed by atoms with Gasteiger partial charge < -0.3 is 0 Å². The SMILES string of the molecule is CC1(C)[C@H]2CC[C@]1(C)/C(=N\Nc1ccc([N+](=O)[O-])cc1[N+](=O)[O-])C2=O. The molecule has 9 nitrogen and oxygen atoms in total. The molecule has 2 bridgehead atoms. The first-order valence-electron chi connectivity index (χ1n) is 7.91. The summed E-state index contributed by atoms with van der Waals surface area (Å²) in [6.07, 6.45) is 1.65. The highest BCUT2D eigenvalue weighted by atomic mass is 16.6. The summed E-state index contributed by atoms with van der Waals surface area (Å²) in [5, 5.41) is 26.2. The second-order valence-corrected chi connectivity index (χ2v) is 7.30. The predicted octanol–water partition coefficient (Wildman–Crippen LogP) is 3.30. The summed E-state index contributed by atoms with van der Waals surface area (Å²) in [4.78, 5) is 33.1. The molecule has 1 N–H and O–H groups in total. The number of Topliss-reactive ketones (excluding diaryl/α,β-unsaturated/α-hetero) is 1. The van der Waals surface area contributed by atoms with Crippen molar-refractivity contribution in [2.45, 2.75) is 33.6 Å². The summed E-state index contributed by atoms with van der Waals surface area (Å²) in [6.45, 7) is 6.07. The molecule has 132 valence electrons. The molecule has 0 saturated heterocycles. The third-order valence-corrected chi connectivity index (χ3v) is 5.98. The minimum atomic E-state index is -0.718. The van der Waals surface area contributed by atoms with Crippen LogP contribution in [0.5, 0.6) is 0 Å². The normalized spacial score (nSPS) is 28.4. The van der Waals surface area contributed by atoms with Crippen LogP contribution in [0.2, 0.25) is 0 Å². The summed E-state index contributed by atoms with van der Waals surface area (Å²) in [5.41, 5.74) is 1.54. The van der Waals surface area contributed by atoms with Crippen molar-refractivity contribution in [3.05, 3.63) is 38.4 Å². The van der Waals surface area contributed by atoms with Crippen molar-refractivity contribution >= 4 is 28.6 Å². The molecule has 2 aliphatic carbocycles. The second kappa shape index (κ2) is 5.33. The fourth-order valence-electron chi connectivity index (χ4n) is 3.99. The number of benzene rings is 1. The highest BCUT2D eigenvalue weighted by molar-refractivity contribution is 6.45. The molecular weight excluding hydrogens is 328 g/mol. The van der Waals surface area contributed by atoms with Gasteiger partial charge >= 0.3 is 5.69 Å². The number of anilines is 1. The molecule has 0 amide bonds. The van der Waals surface area contributed by atoms with Gasteiger partial charge in [0.2, 0.25) is 0 Å². The van der Waals surface area contributed by atoms with E-state index in [4.69, 9.17) is 0 Å². The molecule has 25 heavy (non-hydrogen) atoms. The first-order valence-corrected chi connectivity index (χ1v) is 7.91. The van der Waals surface area contributed by atoms with Crippen LogP contribution >= 0.6 is 0 Å². The van der Waals surface area contributed by atoms with Crippen LogP contribution in [0.3, 0.4) is 0 Å². The number of hydrazone groups is 1. The van der Waals surface area contributed by atoms with Crippen LogP contribution < -0.4 is 5.43 Å². The summed E-state index contributed by atoms with van der Waals surface area (Å²) in [5.74, 6) is -0.124. The van der Waals surface area contributed by atoms with Crippen LogP contribution in [0.25, 0.3) is 0 Å². The summed E-state index contributed by atoms with van der Waals surface area (Å²) in [7, 11) is 0. The number of nitrogens with zero attached hydrogens (tertiary/aromatic N) is 3. The van der Waals surface area contributed by atoms with Crippen molar-refractivity contribution in [2.24, 2.45) is 21.8 Å². The Hall–Kier alpha value is -2.84. The Morgan fingerprint density at radius 3 is 2.40 bits per heavy atom. The van der Waals surface area contributed by atoms with E-state index in [-0.39, 0.29) is 28.5 Å². The van der Waals surface area contributed by atoms with E-state index in [1.165, 1.54) is 6.07 Å². The van der Waals surface area contributed by atoms with E-state index in [1.54, 1.807) is 0 Å². The van der Waals surface area contributed by atoms with Crippen LogP contribution in [-0.4, -0.2) is 21.3 Å². The van der Waals surface area contributed by atoms with Crippen LogP contribution in [0.4, 0.5) is 17.1 Å². The quantitative estimate of drug-likeness (QED) is 0.658. The molecule has 2 aliphatic rings. The number of carbonyl (C=O) groups excluding carboxylic acids is 1. The van der Waals surface area contributed by atoms with Gasteiger partial charge in [-0.1, -0.05) is 20.8 Å². The molecule has 0 heterocycles. The van der Waals surface area contributed by atoms with Gasteiger partial charge in [0.1, 0.15) is 11.4 Å². The minimum absolute atomic E-state index is 0.0140. The van der Waals surface area contributed by atoms with Crippen molar-refractivity contribution < 1.29 is 14.6 Å². The lowest BCUT2D eigenvalue weighted by Crippen LogP contribution is -2.34. The van der Waals surface area contributed by atoms with Crippen molar-refractivity contribution in [2.75, 3.05) is 5.43 Å². The third kappa shape index (κ3) is 2.30. The van der Waals surface area contributed by atoms with Gasteiger partial charge in [0, 0.05) is 17.4 Å². The van der Waals surface area contributed by atoms with E-state index < -0.39 is 20.9 Å². The molecule has 9 heteroatoms. The third-order valence-electron chi connectivity index (χ3n) is 5.98. The number of rotatable bonds is 4. The van der Waals surface area contributed by atoms with Crippen LogP contribution in [0, 0.1) is 37.0 Å². The van der Waals surface area contributed by atoms with Gasteiger partial charge in [-0.15, -0.1) is 0 Å². The number of ketones is 1. The summed E-state index contributed by atoms with van der Waals surface area (Å²) in [6, 6.07) is 3.26. The summed E-state index contributed by atoms with van der Waals surface area (Å²) >= 11 is 0. The number of nitrogens with one attached hydrogen (secondary N) is 1. The summed E-state index contributed by atoms with van der Waals surface area (Å²) < 4.78 is 0. The molecule has 0 aromatic heterocycles. The second-order valence-electron chi connectivity index (χ2n) is 7.30. The van der Waals surface area contributed by atoms with E-state index in [2.05, 4.69) is 10.5 Å². The lowest BCUT2D eigenvalue weighted by atomic mass is 9.70. The van der Waals surface area contributed by atoms with Gasteiger partial charge in [-0.25, -0.2) is 0 Å². The van der Waals surface area contributed by atoms with E-state index in [9.17, 15) is 25.0 Å². The molecule has 2 atom stereocenters. The Balaban J connectivity index is 1.97. The highest BCUT2D eigenvalue weighted by Crippen LogP contribution is 2.62.